The summed E-state index contributed by atoms with van der Waals surface area (Å²) >= 11 is 5.90. The molecule has 0 bridgehead atoms. The maximum Gasteiger partial charge on any atom is 0.244 e. The highest BCUT2D eigenvalue weighted by Gasteiger charge is 2.17. The number of carbonyl (C=O) groups excluding carboxylic acids is 2. The lowest BCUT2D eigenvalue weighted by Gasteiger charge is -2.21. The molecule has 130 valence electrons. The molecule has 0 aromatic heterocycles. The van der Waals surface area contributed by atoms with Gasteiger partial charge in [0.2, 0.25) is 18.6 Å². The molecule has 7 heteroatoms. The number of hydrogen-bond donors (Lipinski definition) is 1. The third-order valence-electron chi connectivity index (χ3n) is 3.70. The highest BCUT2D eigenvalue weighted by molar-refractivity contribution is 6.30. The summed E-state index contributed by atoms with van der Waals surface area (Å²) in [5.74, 6) is 0.832. The minimum absolute atomic E-state index is 0.0592. The van der Waals surface area contributed by atoms with Crippen LogP contribution in [0.15, 0.2) is 42.5 Å². The van der Waals surface area contributed by atoms with Crippen LogP contribution in [0.1, 0.15) is 12.5 Å². The number of anilines is 1. The lowest BCUT2D eigenvalue weighted by molar-refractivity contribution is -0.133. The highest BCUT2D eigenvalue weighted by atomic mass is 35.5. The Morgan fingerprint density at radius 2 is 1.96 bits per heavy atom. The molecule has 2 aromatic carbocycles. The molecule has 1 aliphatic rings. The number of carbonyl (C=O) groups is 2. The second kappa shape index (κ2) is 7.44. The van der Waals surface area contributed by atoms with Gasteiger partial charge in [0.1, 0.15) is 6.54 Å². The first-order valence-electron chi connectivity index (χ1n) is 7.71. The molecule has 2 aromatic rings. The van der Waals surface area contributed by atoms with Crippen LogP contribution in [0.3, 0.4) is 0 Å². The normalized spacial score (nSPS) is 11.9. The summed E-state index contributed by atoms with van der Waals surface area (Å²) in [5, 5.41) is 3.26. The molecule has 0 unspecified atom stereocenters. The van der Waals surface area contributed by atoms with E-state index in [0.29, 0.717) is 28.8 Å². The SMILES string of the molecule is CC(=O)N(CC(=O)Nc1cccc(Cl)c1)Cc1ccc2c(c1)OCO2. The maximum absolute atomic E-state index is 12.2. The molecular formula is C18H17ClN2O4. The molecule has 0 spiro atoms. The highest BCUT2D eigenvalue weighted by Crippen LogP contribution is 2.32. The molecular weight excluding hydrogens is 344 g/mol. The monoisotopic (exact) mass is 360 g/mol. The second-order valence-corrected chi connectivity index (χ2v) is 6.06. The zero-order chi connectivity index (χ0) is 17.8. The average molecular weight is 361 g/mol. The smallest absolute Gasteiger partial charge is 0.244 e. The van der Waals surface area contributed by atoms with Gasteiger partial charge >= 0.3 is 0 Å². The summed E-state index contributed by atoms with van der Waals surface area (Å²) in [6, 6.07) is 12.3. The van der Waals surface area contributed by atoms with Gasteiger partial charge in [-0.05, 0) is 35.9 Å². The van der Waals surface area contributed by atoms with Crippen LogP contribution in [0.5, 0.6) is 11.5 Å². The van der Waals surface area contributed by atoms with E-state index in [1.807, 2.05) is 12.1 Å². The van der Waals surface area contributed by atoms with Crippen LogP contribution in [0.2, 0.25) is 5.02 Å². The molecule has 0 saturated heterocycles. The Bertz CT molecular complexity index is 809. The fourth-order valence-corrected chi connectivity index (χ4v) is 2.67. The van der Waals surface area contributed by atoms with Gasteiger partial charge in [-0.2, -0.15) is 0 Å². The molecule has 0 saturated carbocycles. The molecule has 3 rings (SSSR count). The Balaban J connectivity index is 1.65. The zero-order valence-electron chi connectivity index (χ0n) is 13.6. The number of ether oxygens (including phenoxy) is 2. The number of benzene rings is 2. The van der Waals surface area contributed by atoms with E-state index < -0.39 is 0 Å². The van der Waals surface area contributed by atoms with E-state index in [-0.39, 0.29) is 25.2 Å². The van der Waals surface area contributed by atoms with E-state index in [1.165, 1.54) is 11.8 Å². The minimum atomic E-state index is -0.293. The molecule has 0 radical (unpaired) electrons. The predicted molar refractivity (Wildman–Crippen MR) is 93.7 cm³/mol. The van der Waals surface area contributed by atoms with E-state index in [0.717, 1.165) is 5.56 Å². The molecule has 1 aliphatic heterocycles. The number of nitrogens with zero attached hydrogens (tertiary/aromatic N) is 1. The van der Waals surface area contributed by atoms with E-state index in [9.17, 15) is 9.59 Å². The number of nitrogens with one attached hydrogen (secondary N) is 1. The predicted octanol–water partition coefficient (Wildman–Crippen LogP) is 3.06. The molecule has 25 heavy (non-hydrogen) atoms. The van der Waals surface area contributed by atoms with Crippen molar-refractivity contribution in [3.8, 4) is 11.5 Å². The maximum atomic E-state index is 12.2. The molecule has 2 amide bonds. The van der Waals surface area contributed by atoms with Crippen LogP contribution in [0, 0.1) is 0 Å². The molecule has 1 heterocycles. The quantitative estimate of drug-likeness (QED) is 0.889. The summed E-state index contributed by atoms with van der Waals surface area (Å²) in [7, 11) is 0. The topological polar surface area (TPSA) is 67.9 Å². The molecule has 0 atom stereocenters. The van der Waals surface area contributed by atoms with Crippen molar-refractivity contribution in [1.29, 1.82) is 0 Å². The first-order chi connectivity index (χ1) is 12.0. The van der Waals surface area contributed by atoms with Crippen molar-refractivity contribution in [1.82, 2.24) is 4.90 Å². The van der Waals surface area contributed by atoms with Gasteiger partial charge in [0.25, 0.3) is 0 Å². The number of fused-ring (bicyclic) bond motifs is 1. The summed E-state index contributed by atoms with van der Waals surface area (Å²) < 4.78 is 10.6. The Hall–Kier alpha value is -2.73. The molecule has 0 aliphatic carbocycles. The number of amides is 2. The third-order valence-corrected chi connectivity index (χ3v) is 3.93. The van der Waals surface area contributed by atoms with Crippen LogP contribution < -0.4 is 14.8 Å². The van der Waals surface area contributed by atoms with Crippen molar-refractivity contribution in [2.45, 2.75) is 13.5 Å². The number of hydrogen-bond acceptors (Lipinski definition) is 4. The first kappa shape index (κ1) is 17.1. The van der Waals surface area contributed by atoms with Crippen LogP contribution in [-0.4, -0.2) is 30.1 Å². The van der Waals surface area contributed by atoms with E-state index in [1.54, 1.807) is 30.3 Å². The van der Waals surface area contributed by atoms with Gasteiger partial charge in [-0.3, -0.25) is 9.59 Å². The molecule has 0 fully saturated rings. The third kappa shape index (κ3) is 4.42. The summed E-state index contributed by atoms with van der Waals surface area (Å²) in [4.78, 5) is 25.6. The van der Waals surface area contributed by atoms with Crippen molar-refractivity contribution in [3.05, 3.63) is 53.1 Å². The van der Waals surface area contributed by atoms with Crippen LogP contribution >= 0.6 is 11.6 Å². The average Bonchev–Trinajstić information content (AvgIpc) is 3.01. The molecule has 1 N–H and O–H groups in total. The fraction of sp³-hybridized carbons (Fsp3) is 0.222. The first-order valence-corrected chi connectivity index (χ1v) is 8.08. The van der Waals surface area contributed by atoms with Crippen LogP contribution in [-0.2, 0) is 16.1 Å². The van der Waals surface area contributed by atoms with E-state index in [4.69, 9.17) is 21.1 Å². The summed E-state index contributed by atoms with van der Waals surface area (Å²) in [6.45, 7) is 1.86. The van der Waals surface area contributed by atoms with Gasteiger partial charge in [0.15, 0.2) is 11.5 Å². The largest absolute Gasteiger partial charge is 0.454 e. The Morgan fingerprint density at radius 1 is 1.16 bits per heavy atom. The van der Waals surface area contributed by atoms with Gasteiger partial charge < -0.3 is 19.7 Å². The van der Waals surface area contributed by atoms with Crippen molar-refractivity contribution in [2.75, 3.05) is 18.7 Å². The van der Waals surface area contributed by atoms with Crippen molar-refractivity contribution < 1.29 is 19.1 Å². The van der Waals surface area contributed by atoms with Crippen molar-refractivity contribution >= 4 is 29.1 Å². The van der Waals surface area contributed by atoms with Gasteiger partial charge in [-0.25, -0.2) is 0 Å². The lowest BCUT2D eigenvalue weighted by Crippen LogP contribution is -2.36. The minimum Gasteiger partial charge on any atom is -0.454 e. The van der Waals surface area contributed by atoms with Gasteiger partial charge in [-0.15, -0.1) is 0 Å². The van der Waals surface area contributed by atoms with Crippen molar-refractivity contribution in [3.63, 3.8) is 0 Å². The Labute approximate surface area is 150 Å². The van der Waals surface area contributed by atoms with Crippen LogP contribution in [0.4, 0.5) is 5.69 Å². The summed E-state index contributed by atoms with van der Waals surface area (Å²) in [6.07, 6.45) is 0. The number of rotatable bonds is 5. The van der Waals surface area contributed by atoms with Gasteiger partial charge in [0.05, 0.1) is 0 Å². The zero-order valence-corrected chi connectivity index (χ0v) is 14.4. The summed E-state index contributed by atoms with van der Waals surface area (Å²) in [5.41, 5.74) is 1.44. The molecule has 6 nitrogen and oxygen atoms in total. The Kier molecular flexibility index (Phi) is 5.09. The lowest BCUT2D eigenvalue weighted by atomic mass is 10.2. The Morgan fingerprint density at radius 3 is 2.72 bits per heavy atom. The van der Waals surface area contributed by atoms with Gasteiger partial charge in [-0.1, -0.05) is 23.7 Å². The van der Waals surface area contributed by atoms with Gasteiger partial charge in [0, 0.05) is 24.2 Å². The standard InChI is InChI=1S/C18H17ClN2O4/c1-12(22)21(9-13-5-6-16-17(7-13)25-11-24-16)10-18(23)20-15-4-2-3-14(19)8-15/h2-8H,9-11H2,1H3,(H,20,23). The van der Waals surface area contributed by atoms with E-state index >= 15 is 0 Å². The van der Waals surface area contributed by atoms with Crippen LogP contribution in [0.25, 0.3) is 0 Å². The van der Waals surface area contributed by atoms with Crippen molar-refractivity contribution in [2.24, 2.45) is 0 Å². The van der Waals surface area contributed by atoms with E-state index in [2.05, 4.69) is 5.32 Å². The fourth-order valence-electron chi connectivity index (χ4n) is 2.48. The second-order valence-electron chi connectivity index (χ2n) is 5.62. The number of halogens is 1.